The quantitative estimate of drug-likeness (QED) is 0.907. The fraction of sp³-hybridized carbons (Fsp3) is 0.0833. The number of rotatable bonds is 3. The zero-order valence-electron chi connectivity index (χ0n) is 8.75. The third kappa shape index (κ3) is 3.32. The zero-order chi connectivity index (χ0) is 12.3. The summed E-state index contributed by atoms with van der Waals surface area (Å²) in [6.45, 7) is 0.433. The molecule has 1 N–H and O–H groups in total. The Morgan fingerprint density at radius 2 is 2.06 bits per heavy atom. The number of benzene rings is 1. The standard InChI is InChI=1S/C12H9Cl2FN2/c13-9-3-8(4-10(15)5-9)6-17-12-7-16-2-1-11(12)14/h1-5,7,17H,6H2. The Labute approximate surface area is 108 Å². The van der Waals surface area contributed by atoms with Crippen molar-refractivity contribution in [3.05, 3.63) is 58.1 Å². The number of halogens is 3. The second kappa shape index (κ2) is 5.34. The van der Waals surface area contributed by atoms with Gasteiger partial charge in [-0.1, -0.05) is 23.2 Å². The van der Waals surface area contributed by atoms with Crippen LogP contribution < -0.4 is 5.32 Å². The zero-order valence-corrected chi connectivity index (χ0v) is 10.3. The Morgan fingerprint density at radius 3 is 2.76 bits per heavy atom. The monoisotopic (exact) mass is 270 g/mol. The van der Waals surface area contributed by atoms with Crippen LogP contribution >= 0.6 is 23.2 Å². The van der Waals surface area contributed by atoms with Gasteiger partial charge in [-0.3, -0.25) is 4.98 Å². The molecule has 5 heteroatoms. The van der Waals surface area contributed by atoms with Crippen LogP contribution in [0, 0.1) is 5.82 Å². The third-order valence-electron chi connectivity index (χ3n) is 2.17. The molecule has 0 saturated heterocycles. The van der Waals surface area contributed by atoms with Gasteiger partial charge in [0.2, 0.25) is 0 Å². The molecule has 88 valence electrons. The van der Waals surface area contributed by atoms with Crippen molar-refractivity contribution in [1.29, 1.82) is 0 Å². The van der Waals surface area contributed by atoms with Gasteiger partial charge in [-0.05, 0) is 29.8 Å². The van der Waals surface area contributed by atoms with E-state index in [0.717, 1.165) is 5.56 Å². The molecule has 0 unspecified atom stereocenters. The van der Waals surface area contributed by atoms with Crippen molar-refractivity contribution in [3.8, 4) is 0 Å². The van der Waals surface area contributed by atoms with Crippen LogP contribution in [0.3, 0.4) is 0 Å². The van der Waals surface area contributed by atoms with Gasteiger partial charge in [-0.25, -0.2) is 4.39 Å². The lowest BCUT2D eigenvalue weighted by atomic mass is 10.2. The number of aromatic nitrogens is 1. The molecule has 2 rings (SSSR count). The van der Waals surface area contributed by atoms with E-state index in [1.807, 2.05) is 0 Å². The van der Waals surface area contributed by atoms with E-state index in [9.17, 15) is 4.39 Å². The van der Waals surface area contributed by atoms with Crippen molar-refractivity contribution >= 4 is 28.9 Å². The first kappa shape index (κ1) is 12.1. The van der Waals surface area contributed by atoms with Gasteiger partial charge in [0.1, 0.15) is 5.82 Å². The highest BCUT2D eigenvalue weighted by Crippen LogP contribution is 2.21. The van der Waals surface area contributed by atoms with E-state index in [0.29, 0.717) is 22.3 Å². The first-order valence-corrected chi connectivity index (χ1v) is 5.69. The second-order valence-electron chi connectivity index (χ2n) is 3.49. The van der Waals surface area contributed by atoms with E-state index >= 15 is 0 Å². The SMILES string of the molecule is Fc1cc(Cl)cc(CNc2cnccc2Cl)c1. The van der Waals surface area contributed by atoms with Gasteiger partial charge in [-0.15, -0.1) is 0 Å². The van der Waals surface area contributed by atoms with Crippen LogP contribution in [-0.4, -0.2) is 4.98 Å². The summed E-state index contributed by atoms with van der Waals surface area (Å²) in [5.74, 6) is -0.355. The molecule has 1 heterocycles. The summed E-state index contributed by atoms with van der Waals surface area (Å²) in [5, 5.41) is 4.01. The van der Waals surface area contributed by atoms with E-state index in [1.54, 1.807) is 24.5 Å². The molecule has 0 bridgehead atoms. The molecule has 0 aliphatic heterocycles. The van der Waals surface area contributed by atoms with E-state index in [-0.39, 0.29) is 5.82 Å². The van der Waals surface area contributed by atoms with Crippen molar-refractivity contribution in [2.24, 2.45) is 0 Å². The summed E-state index contributed by atoms with van der Waals surface area (Å²) in [5.41, 5.74) is 1.45. The third-order valence-corrected chi connectivity index (χ3v) is 2.72. The number of nitrogens with one attached hydrogen (secondary N) is 1. The number of pyridine rings is 1. The molecule has 2 nitrogen and oxygen atoms in total. The van der Waals surface area contributed by atoms with Crippen molar-refractivity contribution in [2.45, 2.75) is 6.54 Å². The first-order chi connectivity index (χ1) is 8.15. The van der Waals surface area contributed by atoms with Crippen molar-refractivity contribution < 1.29 is 4.39 Å². The van der Waals surface area contributed by atoms with Crippen LogP contribution in [0.1, 0.15) is 5.56 Å². The van der Waals surface area contributed by atoms with Crippen LogP contribution in [0.25, 0.3) is 0 Å². The summed E-state index contributed by atoms with van der Waals surface area (Å²) in [6.07, 6.45) is 3.22. The summed E-state index contributed by atoms with van der Waals surface area (Å²) < 4.78 is 13.1. The molecule has 0 radical (unpaired) electrons. The average molecular weight is 271 g/mol. The Hall–Kier alpha value is -1.32. The lowest BCUT2D eigenvalue weighted by Crippen LogP contribution is -2.00. The lowest BCUT2D eigenvalue weighted by molar-refractivity contribution is 0.626. The van der Waals surface area contributed by atoms with Crippen molar-refractivity contribution in [2.75, 3.05) is 5.32 Å². The van der Waals surface area contributed by atoms with Crippen LogP contribution in [0.15, 0.2) is 36.7 Å². The number of anilines is 1. The molecule has 0 spiro atoms. The van der Waals surface area contributed by atoms with E-state index in [4.69, 9.17) is 23.2 Å². The molecule has 1 aromatic carbocycles. The molecule has 1 aromatic heterocycles. The highest BCUT2D eigenvalue weighted by Gasteiger charge is 2.02. The molecule has 17 heavy (non-hydrogen) atoms. The predicted octanol–water partition coefficient (Wildman–Crippen LogP) is 4.14. The Kier molecular flexibility index (Phi) is 3.82. The molecule has 0 aliphatic carbocycles. The fourth-order valence-corrected chi connectivity index (χ4v) is 1.83. The minimum Gasteiger partial charge on any atom is -0.379 e. The number of hydrogen-bond donors (Lipinski definition) is 1. The number of hydrogen-bond acceptors (Lipinski definition) is 2. The van der Waals surface area contributed by atoms with Gasteiger partial charge in [0.15, 0.2) is 0 Å². The maximum absolute atomic E-state index is 13.1. The summed E-state index contributed by atoms with van der Waals surface area (Å²) in [6, 6.07) is 6.07. The molecule has 0 atom stereocenters. The largest absolute Gasteiger partial charge is 0.379 e. The van der Waals surface area contributed by atoms with Gasteiger partial charge in [0, 0.05) is 17.8 Å². The predicted molar refractivity (Wildman–Crippen MR) is 68.0 cm³/mol. The minimum absolute atomic E-state index is 0.355. The summed E-state index contributed by atoms with van der Waals surface area (Å²) >= 11 is 11.7. The maximum Gasteiger partial charge on any atom is 0.125 e. The second-order valence-corrected chi connectivity index (χ2v) is 4.33. The van der Waals surface area contributed by atoms with Gasteiger partial charge < -0.3 is 5.32 Å². The molecule has 2 aromatic rings. The van der Waals surface area contributed by atoms with Crippen LogP contribution in [0.4, 0.5) is 10.1 Å². The average Bonchev–Trinajstić information content (AvgIpc) is 2.27. The molecule has 0 aliphatic rings. The topological polar surface area (TPSA) is 24.9 Å². The van der Waals surface area contributed by atoms with E-state index < -0.39 is 0 Å². The van der Waals surface area contributed by atoms with E-state index in [1.165, 1.54) is 12.1 Å². The first-order valence-electron chi connectivity index (χ1n) is 4.93. The fourth-order valence-electron chi connectivity index (χ4n) is 1.42. The minimum atomic E-state index is -0.355. The Morgan fingerprint density at radius 1 is 1.24 bits per heavy atom. The van der Waals surface area contributed by atoms with Gasteiger partial charge in [-0.2, -0.15) is 0 Å². The van der Waals surface area contributed by atoms with E-state index in [2.05, 4.69) is 10.3 Å². The van der Waals surface area contributed by atoms with Crippen LogP contribution in [-0.2, 0) is 6.54 Å². The molecular weight excluding hydrogens is 262 g/mol. The lowest BCUT2D eigenvalue weighted by Gasteiger charge is -2.08. The highest BCUT2D eigenvalue weighted by atomic mass is 35.5. The maximum atomic E-state index is 13.1. The normalized spacial score (nSPS) is 10.3. The van der Waals surface area contributed by atoms with Crippen molar-refractivity contribution in [3.63, 3.8) is 0 Å². The van der Waals surface area contributed by atoms with Gasteiger partial charge in [0.25, 0.3) is 0 Å². The Balaban J connectivity index is 2.10. The van der Waals surface area contributed by atoms with Crippen LogP contribution in [0.5, 0.6) is 0 Å². The molecule has 0 fully saturated rings. The van der Waals surface area contributed by atoms with Crippen molar-refractivity contribution in [1.82, 2.24) is 4.98 Å². The van der Waals surface area contributed by atoms with Gasteiger partial charge >= 0.3 is 0 Å². The molecule has 0 amide bonds. The smallest absolute Gasteiger partial charge is 0.125 e. The Bertz CT molecular complexity index is 511. The van der Waals surface area contributed by atoms with Gasteiger partial charge in [0.05, 0.1) is 16.9 Å². The molecule has 0 saturated carbocycles. The summed E-state index contributed by atoms with van der Waals surface area (Å²) in [4.78, 5) is 3.95. The van der Waals surface area contributed by atoms with Crippen LogP contribution in [0.2, 0.25) is 10.0 Å². The highest BCUT2D eigenvalue weighted by molar-refractivity contribution is 6.33. The summed E-state index contributed by atoms with van der Waals surface area (Å²) in [7, 11) is 0. The number of nitrogens with zero attached hydrogens (tertiary/aromatic N) is 1. The molecular formula is C12H9Cl2FN2.